The summed E-state index contributed by atoms with van der Waals surface area (Å²) in [5, 5.41) is 2.49. The zero-order valence-electron chi connectivity index (χ0n) is 14.7. The molecule has 2 N–H and O–H groups in total. The van der Waals surface area contributed by atoms with E-state index in [0.717, 1.165) is 6.42 Å². The van der Waals surface area contributed by atoms with Gasteiger partial charge in [-0.15, -0.1) is 0 Å². The second-order valence-electron chi connectivity index (χ2n) is 7.40. The highest BCUT2D eigenvalue weighted by Crippen LogP contribution is 2.63. The zero-order valence-corrected chi connectivity index (χ0v) is 15.5. The molecule has 0 aromatic rings. The Hall–Kier alpha value is -1.90. The molecule has 2 rings (SSSR count). The molecule has 9 heteroatoms. The van der Waals surface area contributed by atoms with E-state index in [9.17, 15) is 22.8 Å². The number of carbonyl (C=O) groups excluding carboxylic acids is 3. The number of esters is 1. The molecule has 2 unspecified atom stereocenters. The second-order valence-corrected chi connectivity index (χ2v) is 9.07. The SMILES string of the molecule is C=C(C)C(=O)OCS(=O)(=O)NC(=O)NCC12CCC(CC1=O)C2(C)C. The van der Waals surface area contributed by atoms with Crippen molar-refractivity contribution in [2.75, 3.05) is 12.5 Å². The molecule has 25 heavy (non-hydrogen) atoms. The first kappa shape index (κ1) is 19.4. The van der Waals surface area contributed by atoms with Crippen LogP contribution in [0.25, 0.3) is 0 Å². The third kappa shape index (κ3) is 3.56. The van der Waals surface area contributed by atoms with E-state index in [-0.39, 0.29) is 23.3 Å². The van der Waals surface area contributed by atoms with Crippen LogP contribution in [0.15, 0.2) is 12.2 Å². The lowest BCUT2D eigenvalue weighted by Gasteiger charge is -2.36. The largest absolute Gasteiger partial charge is 0.444 e. The van der Waals surface area contributed by atoms with Crippen LogP contribution in [0.4, 0.5) is 4.79 Å². The summed E-state index contributed by atoms with van der Waals surface area (Å²) < 4.78 is 29.8. The minimum Gasteiger partial charge on any atom is -0.444 e. The maximum Gasteiger partial charge on any atom is 0.334 e. The van der Waals surface area contributed by atoms with Gasteiger partial charge in [-0.2, -0.15) is 0 Å². The smallest absolute Gasteiger partial charge is 0.334 e. The van der Waals surface area contributed by atoms with E-state index in [1.807, 2.05) is 13.8 Å². The van der Waals surface area contributed by atoms with Crippen molar-refractivity contribution in [1.29, 1.82) is 0 Å². The van der Waals surface area contributed by atoms with Crippen molar-refractivity contribution in [3.05, 3.63) is 12.2 Å². The third-order valence-corrected chi connectivity index (χ3v) is 6.56. The average Bonchev–Trinajstić information content (AvgIpc) is 2.84. The van der Waals surface area contributed by atoms with Crippen LogP contribution in [0.3, 0.4) is 0 Å². The normalized spacial score (nSPS) is 27.0. The molecule has 0 saturated heterocycles. The Bertz CT molecular complexity index is 727. The van der Waals surface area contributed by atoms with Crippen LogP contribution in [0.1, 0.15) is 40.0 Å². The van der Waals surface area contributed by atoms with Gasteiger partial charge in [-0.05, 0) is 31.1 Å². The van der Waals surface area contributed by atoms with E-state index in [0.29, 0.717) is 18.8 Å². The lowest BCUT2D eigenvalue weighted by atomic mass is 9.69. The number of Topliss-reactive ketones (excluding diaryl/α,β-unsaturated/α-hetero) is 1. The number of hydrogen-bond acceptors (Lipinski definition) is 6. The molecule has 2 bridgehead atoms. The van der Waals surface area contributed by atoms with Crippen molar-refractivity contribution in [3.63, 3.8) is 0 Å². The molecule has 0 spiro atoms. The quantitative estimate of drug-likeness (QED) is 0.532. The van der Waals surface area contributed by atoms with Gasteiger partial charge < -0.3 is 10.1 Å². The van der Waals surface area contributed by atoms with Crippen LogP contribution in [0, 0.1) is 16.7 Å². The number of fused-ring (bicyclic) bond motifs is 2. The molecular weight excluding hydrogens is 348 g/mol. The van der Waals surface area contributed by atoms with Crippen LogP contribution in [0.5, 0.6) is 0 Å². The van der Waals surface area contributed by atoms with Crippen molar-refractivity contribution in [3.8, 4) is 0 Å². The summed E-state index contributed by atoms with van der Waals surface area (Å²) >= 11 is 0. The van der Waals surface area contributed by atoms with Gasteiger partial charge in [0.1, 0.15) is 5.78 Å². The van der Waals surface area contributed by atoms with Crippen molar-refractivity contribution >= 4 is 27.8 Å². The van der Waals surface area contributed by atoms with Crippen LogP contribution in [-0.2, 0) is 24.3 Å². The molecule has 2 fully saturated rings. The first-order chi connectivity index (χ1) is 11.4. The Morgan fingerprint density at radius 2 is 2.00 bits per heavy atom. The summed E-state index contributed by atoms with van der Waals surface area (Å²) in [6, 6.07) is -0.945. The number of nitrogens with one attached hydrogen (secondary N) is 2. The summed E-state index contributed by atoms with van der Waals surface area (Å²) in [6.45, 7) is 8.83. The molecule has 2 atom stereocenters. The lowest BCUT2D eigenvalue weighted by Crippen LogP contribution is -2.50. The molecule has 8 nitrogen and oxygen atoms in total. The van der Waals surface area contributed by atoms with Crippen molar-refractivity contribution in [2.45, 2.75) is 40.0 Å². The number of sulfonamides is 1. The Balaban J connectivity index is 1.91. The monoisotopic (exact) mass is 372 g/mol. The van der Waals surface area contributed by atoms with Crippen LogP contribution in [-0.4, -0.2) is 38.7 Å². The van der Waals surface area contributed by atoms with E-state index in [2.05, 4.69) is 16.6 Å². The molecule has 140 valence electrons. The van der Waals surface area contributed by atoms with Gasteiger partial charge in [0.2, 0.25) is 5.94 Å². The molecule has 2 aliphatic rings. The first-order valence-electron chi connectivity index (χ1n) is 8.05. The van der Waals surface area contributed by atoms with Crippen molar-refractivity contribution in [1.82, 2.24) is 10.0 Å². The second kappa shape index (κ2) is 6.44. The Morgan fingerprint density at radius 3 is 2.48 bits per heavy atom. The minimum absolute atomic E-state index is 0.0523. The highest BCUT2D eigenvalue weighted by Gasteiger charge is 2.63. The molecule has 0 radical (unpaired) electrons. The highest BCUT2D eigenvalue weighted by atomic mass is 32.2. The lowest BCUT2D eigenvalue weighted by molar-refractivity contribution is -0.137. The topological polar surface area (TPSA) is 119 Å². The molecule has 0 aliphatic heterocycles. The molecule has 0 aromatic carbocycles. The summed E-state index contributed by atoms with van der Waals surface area (Å²) in [7, 11) is -4.14. The van der Waals surface area contributed by atoms with E-state index in [4.69, 9.17) is 0 Å². The molecular formula is C16H24N2O6S. The average molecular weight is 372 g/mol. The van der Waals surface area contributed by atoms with Crippen molar-refractivity contribution in [2.24, 2.45) is 16.7 Å². The van der Waals surface area contributed by atoms with Gasteiger partial charge in [-0.3, -0.25) is 4.79 Å². The standard InChI is InChI=1S/C16H24N2O6S/c1-10(2)13(20)24-9-25(22,23)18-14(21)17-8-16-6-5-11(7-12(16)19)15(16,3)4/h11H,1,5-9H2,2-4H3,(H2,17,18,21). The Morgan fingerprint density at radius 1 is 1.36 bits per heavy atom. The van der Waals surface area contributed by atoms with E-state index in [1.54, 1.807) is 4.72 Å². The predicted molar refractivity (Wildman–Crippen MR) is 89.8 cm³/mol. The number of carbonyl (C=O) groups is 3. The third-order valence-electron chi connectivity index (χ3n) is 5.63. The Kier molecular flexibility index (Phi) is 5.00. The summed E-state index contributed by atoms with van der Waals surface area (Å²) in [4.78, 5) is 35.5. The molecule has 2 amide bonds. The summed E-state index contributed by atoms with van der Waals surface area (Å²) in [6.07, 6.45) is 2.12. The molecule has 2 aliphatic carbocycles. The number of hydrogen-bond donors (Lipinski definition) is 2. The van der Waals surface area contributed by atoms with E-state index in [1.165, 1.54) is 6.92 Å². The fourth-order valence-corrected chi connectivity index (χ4v) is 4.55. The zero-order chi connectivity index (χ0) is 19.0. The molecule has 0 aromatic heterocycles. The van der Waals surface area contributed by atoms with Gasteiger partial charge >= 0.3 is 12.0 Å². The fourth-order valence-electron chi connectivity index (χ4n) is 3.88. The number of urea groups is 1. The van der Waals surface area contributed by atoms with Gasteiger partial charge in [0.25, 0.3) is 10.0 Å². The van der Waals surface area contributed by atoms with E-state index >= 15 is 0 Å². The fraction of sp³-hybridized carbons (Fsp3) is 0.688. The number of ketones is 1. The number of ether oxygens (including phenoxy) is 1. The predicted octanol–water partition coefficient (Wildman–Crippen LogP) is 1.09. The first-order valence-corrected chi connectivity index (χ1v) is 9.71. The molecule has 0 heterocycles. The van der Waals surface area contributed by atoms with E-state index < -0.39 is 33.4 Å². The summed E-state index contributed by atoms with van der Waals surface area (Å²) in [5.41, 5.74) is -0.824. The summed E-state index contributed by atoms with van der Waals surface area (Å²) in [5.74, 6) is -1.42. The van der Waals surface area contributed by atoms with Gasteiger partial charge in [0, 0.05) is 18.5 Å². The van der Waals surface area contributed by atoms with Gasteiger partial charge in [0.15, 0.2) is 0 Å². The number of amides is 2. The van der Waals surface area contributed by atoms with Gasteiger partial charge in [-0.1, -0.05) is 20.4 Å². The van der Waals surface area contributed by atoms with Crippen molar-refractivity contribution < 1.29 is 27.5 Å². The van der Waals surface area contributed by atoms with Crippen LogP contribution in [0.2, 0.25) is 0 Å². The minimum atomic E-state index is -4.14. The number of rotatable bonds is 6. The van der Waals surface area contributed by atoms with Crippen LogP contribution < -0.4 is 10.0 Å². The maximum atomic E-state index is 12.4. The maximum absolute atomic E-state index is 12.4. The van der Waals surface area contributed by atoms with Crippen LogP contribution >= 0.6 is 0 Å². The van der Waals surface area contributed by atoms with Gasteiger partial charge in [-0.25, -0.2) is 22.7 Å². The molecule has 2 saturated carbocycles. The van der Waals surface area contributed by atoms with Gasteiger partial charge in [0.05, 0.1) is 5.41 Å². The highest BCUT2D eigenvalue weighted by molar-refractivity contribution is 7.89. The Labute approximate surface area is 147 Å².